The second-order valence-corrected chi connectivity index (χ2v) is 6.60. The van der Waals surface area contributed by atoms with Crippen LogP contribution in [-0.2, 0) is 0 Å². The molecule has 1 atom stereocenters. The molecule has 1 aliphatic rings. The Hall–Kier alpha value is 0.140. The lowest BCUT2D eigenvalue weighted by Gasteiger charge is -2.28. The van der Waals surface area contributed by atoms with Crippen molar-refractivity contribution in [2.45, 2.75) is 32.6 Å². The highest BCUT2D eigenvalue weighted by Gasteiger charge is 2.07. The quantitative estimate of drug-likeness (QED) is 0.511. The summed E-state index contributed by atoms with van der Waals surface area (Å²) in [5.74, 6) is 2.82. The van der Waals surface area contributed by atoms with E-state index in [1.54, 1.807) is 0 Å². The van der Waals surface area contributed by atoms with Gasteiger partial charge in [-0.25, -0.2) is 10.0 Å². The largest absolute Gasteiger partial charge is 0.245 e. The van der Waals surface area contributed by atoms with Crippen LogP contribution in [0.5, 0.6) is 0 Å². The number of hydrazine groups is 1. The van der Waals surface area contributed by atoms with Gasteiger partial charge in [-0.3, -0.25) is 0 Å². The van der Waals surface area contributed by atoms with Crippen molar-refractivity contribution in [3.05, 3.63) is 0 Å². The minimum Gasteiger partial charge on any atom is -0.245 e. The van der Waals surface area contributed by atoms with Gasteiger partial charge >= 0.3 is 0 Å². The zero-order chi connectivity index (χ0) is 11.1. The highest BCUT2D eigenvalue weighted by molar-refractivity contribution is 8.15. The van der Waals surface area contributed by atoms with E-state index < -0.39 is 0 Å². The molecule has 0 aliphatic carbocycles. The summed E-state index contributed by atoms with van der Waals surface area (Å²) in [5, 5.41) is 7.28. The maximum Gasteiger partial charge on any atom is 0.0216 e. The van der Waals surface area contributed by atoms with Crippen molar-refractivity contribution in [1.82, 2.24) is 10.0 Å². The van der Waals surface area contributed by atoms with Gasteiger partial charge in [-0.2, -0.15) is 10.5 Å². The Morgan fingerprint density at radius 3 is 2.47 bits per heavy atom. The van der Waals surface area contributed by atoms with Crippen molar-refractivity contribution in [1.29, 1.82) is 0 Å². The SMILES string of the molecule is CCCN(C)N(C)CCS1=CCCCC1. The van der Waals surface area contributed by atoms with Gasteiger partial charge in [0.2, 0.25) is 0 Å². The molecule has 1 aliphatic heterocycles. The van der Waals surface area contributed by atoms with Gasteiger partial charge in [-0.1, -0.05) is 12.3 Å². The molecule has 0 spiro atoms. The lowest BCUT2D eigenvalue weighted by atomic mass is 10.3. The Morgan fingerprint density at radius 1 is 1.13 bits per heavy atom. The molecular formula is C12H26N2S. The van der Waals surface area contributed by atoms with E-state index in [0.29, 0.717) is 10.5 Å². The van der Waals surface area contributed by atoms with Crippen molar-refractivity contribution >= 4 is 15.9 Å². The van der Waals surface area contributed by atoms with Crippen molar-refractivity contribution in [2.24, 2.45) is 0 Å². The Kier molecular flexibility index (Phi) is 6.53. The second-order valence-electron chi connectivity index (χ2n) is 4.37. The van der Waals surface area contributed by atoms with Gasteiger partial charge in [-0.05, 0) is 31.4 Å². The lowest BCUT2D eigenvalue weighted by Crippen LogP contribution is -2.38. The molecule has 2 nitrogen and oxygen atoms in total. The van der Waals surface area contributed by atoms with E-state index in [-0.39, 0.29) is 0 Å². The van der Waals surface area contributed by atoms with Crippen molar-refractivity contribution in [2.75, 3.05) is 38.7 Å². The number of hydrogen-bond donors (Lipinski definition) is 0. The molecule has 1 rings (SSSR count). The molecule has 0 bridgehead atoms. The Bertz CT molecular complexity index is 204. The molecule has 0 fully saturated rings. The fourth-order valence-electron chi connectivity index (χ4n) is 1.86. The molecule has 0 radical (unpaired) electrons. The van der Waals surface area contributed by atoms with Gasteiger partial charge in [0.25, 0.3) is 0 Å². The molecule has 1 heterocycles. The van der Waals surface area contributed by atoms with Crippen LogP contribution in [0, 0.1) is 0 Å². The molecule has 0 amide bonds. The topological polar surface area (TPSA) is 6.48 Å². The summed E-state index contributed by atoms with van der Waals surface area (Å²) in [6.07, 6.45) is 5.47. The van der Waals surface area contributed by atoms with Crippen LogP contribution in [0.3, 0.4) is 0 Å². The van der Waals surface area contributed by atoms with E-state index in [0.717, 1.165) is 0 Å². The van der Waals surface area contributed by atoms with Crippen LogP contribution in [-0.4, -0.2) is 54.1 Å². The highest BCUT2D eigenvalue weighted by atomic mass is 32.2. The Balaban J connectivity index is 2.20. The van der Waals surface area contributed by atoms with Gasteiger partial charge < -0.3 is 0 Å². The van der Waals surface area contributed by atoms with Crippen molar-refractivity contribution < 1.29 is 0 Å². The minimum absolute atomic E-state index is 0.621. The summed E-state index contributed by atoms with van der Waals surface area (Å²) in [6, 6.07) is 0. The average Bonchev–Trinajstić information content (AvgIpc) is 2.27. The molecule has 0 aromatic heterocycles. The molecule has 90 valence electrons. The van der Waals surface area contributed by atoms with Gasteiger partial charge in [0.05, 0.1) is 0 Å². The predicted molar refractivity (Wildman–Crippen MR) is 72.8 cm³/mol. The van der Waals surface area contributed by atoms with E-state index in [1.807, 2.05) is 0 Å². The summed E-state index contributed by atoms with van der Waals surface area (Å²) in [7, 11) is 5.02. The molecular weight excluding hydrogens is 204 g/mol. The van der Waals surface area contributed by atoms with Crippen LogP contribution < -0.4 is 0 Å². The third-order valence-electron chi connectivity index (χ3n) is 3.02. The fourth-order valence-corrected chi connectivity index (χ4v) is 3.98. The molecule has 1 unspecified atom stereocenters. The van der Waals surface area contributed by atoms with E-state index >= 15 is 0 Å². The maximum absolute atomic E-state index is 2.57. The third-order valence-corrected chi connectivity index (χ3v) is 5.25. The van der Waals surface area contributed by atoms with Gasteiger partial charge in [0, 0.05) is 32.9 Å². The summed E-state index contributed by atoms with van der Waals surface area (Å²) in [5.41, 5.74) is 0. The fraction of sp³-hybridized carbons (Fsp3) is 0.917. The first kappa shape index (κ1) is 13.2. The van der Waals surface area contributed by atoms with Gasteiger partial charge in [-0.15, -0.1) is 0 Å². The first-order chi connectivity index (χ1) is 7.24. The van der Waals surface area contributed by atoms with Crippen molar-refractivity contribution in [3.63, 3.8) is 0 Å². The van der Waals surface area contributed by atoms with Crippen LogP contribution in [0.1, 0.15) is 32.6 Å². The third kappa shape index (κ3) is 5.14. The second kappa shape index (κ2) is 7.42. The van der Waals surface area contributed by atoms with Crippen LogP contribution in [0.4, 0.5) is 0 Å². The molecule has 0 aromatic carbocycles. The van der Waals surface area contributed by atoms with Gasteiger partial charge in [0.1, 0.15) is 0 Å². The monoisotopic (exact) mass is 230 g/mol. The van der Waals surface area contributed by atoms with Crippen molar-refractivity contribution in [3.8, 4) is 0 Å². The van der Waals surface area contributed by atoms with E-state index in [2.05, 4.69) is 36.4 Å². The average molecular weight is 230 g/mol. The molecule has 0 N–H and O–H groups in total. The standard InChI is InChI=1S/C12H26N2S/c1-4-8-13(2)14(3)9-12-15-10-6-5-7-11-15/h10H,4-9,11-12H2,1-3H3. The summed E-state index contributed by atoms with van der Waals surface area (Å²) in [6.45, 7) is 4.63. The molecule has 0 saturated heterocycles. The number of nitrogens with zero attached hydrogens (tertiary/aromatic N) is 2. The van der Waals surface area contributed by atoms with Crippen LogP contribution in [0.25, 0.3) is 0 Å². The first-order valence-corrected chi connectivity index (χ1v) is 7.78. The summed E-state index contributed by atoms with van der Waals surface area (Å²) >= 11 is 0. The predicted octanol–water partition coefficient (Wildman–Crippen LogP) is 2.43. The minimum atomic E-state index is 0.621. The Labute approximate surface area is 97.5 Å². The zero-order valence-electron chi connectivity index (χ0n) is 10.5. The van der Waals surface area contributed by atoms with E-state index in [9.17, 15) is 0 Å². The number of rotatable bonds is 6. The van der Waals surface area contributed by atoms with Crippen LogP contribution >= 0.6 is 10.5 Å². The zero-order valence-corrected chi connectivity index (χ0v) is 11.4. The normalized spacial score (nSPS) is 22.1. The van der Waals surface area contributed by atoms with Crippen LogP contribution in [0.15, 0.2) is 0 Å². The van der Waals surface area contributed by atoms with E-state index in [4.69, 9.17) is 0 Å². The maximum atomic E-state index is 2.57. The molecule has 0 aromatic rings. The smallest absolute Gasteiger partial charge is 0.0216 e. The summed E-state index contributed by atoms with van der Waals surface area (Å²) < 4.78 is 0. The van der Waals surface area contributed by atoms with E-state index in [1.165, 1.54) is 50.3 Å². The molecule has 0 saturated carbocycles. The highest BCUT2D eigenvalue weighted by Crippen LogP contribution is 2.20. The van der Waals surface area contributed by atoms with Gasteiger partial charge in [0.15, 0.2) is 0 Å². The lowest BCUT2D eigenvalue weighted by molar-refractivity contribution is 0.0342. The Morgan fingerprint density at radius 2 is 1.87 bits per heavy atom. The molecule has 3 heteroatoms. The first-order valence-electron chi connectivity index (χ1n) is 6.16. The number of hydrogen-bond acceptors (Lipinski definition) is 2. The van der Waals surface area contributed by atoms with Crippen LogP contribution in [0.2, 0.25) is 0 Å². The molecule has 15 heavy (non-hydrogen) atoms. The summed E-state index contributed by atoms with van der Waals surface area (Å²) in [4.78, 5) is 0.